The molecule has 0 unspecified atom stereocenters. The van der Waals surface area contributed by atoms with Gasteiger partial charge in [0, 0.05) is 25.7 Å². The third-order valence-corrected chi connectivity index (χ3v) is 9.09. The summed E-state index contributed by atoms with van der Waals surface area (Å²) in [4.78, 5) is 38.0. The molecular weight excluding hydrogens is 608 g/mol. The first-order valence-electron chi connectivity index (χ1n) is 14.0. The van der Waals surface area contributed by atoms with Crippen molar-refractivity contribution in [1.29, 1.82) is 0 Å². The lowest BCUT2D eigenvalue weighted by Gasteiger charge is -2.40. The van der Waals surface area contributed by atoms with E-state index in [1.807, 2.05) is 0 Å². The number of carbonyl (C=O) groups is 1. The molecule has 1 amide bonds. The molecule has 14 heteroatoms. The van der Waals surface area contributed by atoms with Crippen molar-refractivity contribution in [3.05, 3.63) is 82.8 Å². The maximum atomic E-state index is 15.9. The van der Waals surface area contributed by atoms with Gasteiger partial charge in [0.15, 0.2) is 11.5 Å². The molecule has 1 N–H and O–H groups in total. The number of anilines is 1. The second kappa shape index (κ2) is 12.0. The van der Waals surface area contributed by atoms with Gasteiger partial charge in [-0.15, -0.1) is 0 Å². The summed E-state index contributed by atoms with van der Waals surface area (Å²) in [6.07, 6.45) is 1.20. The molecule has 0 spiro atoms. The van der Waals surface area contributed by atoms with Gasteiger partial charge in [-0.3, -0.25) is 8.98 Å². The summed E-state index contributed by atoms with van der Waals surface area (Å²) < 4.78 is 63.0. The van der Waals surface area contributed by atoms with Crippen LogP contribution in [0.1, 0.15) is 32.3 Å². The van der Waals surface area contributed by atoms with Crippen molar-refractivity contribution in [1.82, 2.24) is 19.4 Å². The quantitative estimate of drug-likeness (QED) is 0.234. The van der Waals surface area contributed by atoms with Gasteiger partial charge in [0.05, 0.1) is 23.7 Å². The number of phenolic OH excluding ortho intramolecular Hbond substituents is 1. The first-order chi connectivity index (χ1) is 21.3. The third kappa shape index (κ3) is 5.55. The number of amides is 1. The van der Waals surface area contributed by atoms with E-state index in [4.69, 9.17) is 4.18 Å². The van der Waals surface area contributed by atoms with Crippen molar-refractivity contribution >= 4 is 32.9 Å². The van der Waals surface area contributed by atoms with E-state index in [1.54, 1.807) is 36.6 Å². The van der Waals surface area contributed by atoms with Gasteiger partial charge in [0.25, 0.3) is 10.1 Å². The molecule has 5 rings (SSSR count). The molecule has 1 aliphatic rings. The van der Waals surface area contributed by atoms with E-state index in [2.05, 4.69) is 16.5 Å². The highest BCUT2D eigenvalue weighted by Crippen LogP contribution is 2.38. The lowest BCUT2D eigenvalue weighted by molar-refractivity contribution is -0.126. The summed E-state index contributed by atoms with van der Waals surface area (Å²) in [5.74, 6) is -3.13. The number of nitrogens with zero attached hydrogens (tertiary/aromatic N) is 5. The molecule has 1 atom stereocenters. The molecule has 2 aromatic heterocycles. The minimum Gasteiger partial charge on any atom is -0.507 e. The first kappa shape index (κ1) is 31.7. The molecule has 236 valence electrons. The number of carbonyl (C=O) groups excluding carboxylic acids is 1. The Bertz CT molecular complexity index is 1990. The standard InChI is InChI=1S/C31H31F2N5O6S/c1-6-25(40)36-13-14-37(18(4)16-36)29-20-15-22(33)27(26-21(32)10-8-11-23(26)39)34-30(20)38(31(41)35-29)28-19(17(2)3)9-7-12-24(28)45(42,43)44-5/h6-12,15,17-18,39H,1,13-14,16H2,2-5H3/t18-/m0/s1. The van der Waals surface area contributed by atoms with E-state index < -0.39 is 44.4 Å². The normalized spacial score (nSPS) is 15.6. The Morgan fingerprint density at radius 2 is 1.84 bits per heavy atom. The molecule has 1 fully saturated rings. The Morgan fingerprint density at radius 3 is 2.47 bits per heavy atom. The van der Waals surface area contributed by atoms with Gasteiger partial charge in [-0.1, -0.05) is 38.6 Å². The average Bonchev–Trinajstić information content (AvgIpc) is 3.00. The molecule has 0 bridgehead atoms. The number of hydrogen-bond donors (Lipinski definition) is 1. The predicted molar refractivity (Wildman–Crippen MR) is 164 cm³/mol. The maximum Gasteiger partial charge on any atom is 0.355 e. The van der Waals surface area contributed by atoms with Crippen LogP contribution in [-0.2, 0) is 19.1 Å². The van der Waals surface area contributed by atoms with E-state index in [0.717, 1.165) is 29.9 Å². The lowest BCUT2D eigenvalue weighted by Crippen LogP contribution is -2.54. The SMILES string of the molecule is C=CC(=O)N1CCN(c2nc(=O)n(-c3c(C(C)C)cccc3S(=O)(=O)OC)c3nc(-c4c(O)cccc4F)c(F)cc23)[C@@H](C)C1. The van der Waals surface area contributed by atoms with E-state index in [-0.39, 0.29) is 64.9 Å². The number of aromatic hydroxyl groups is 1. The van der Waals surface area contributed by atoms with Crippen LogP contribution < -0.4 is 10.6 Å². The monoisotopic (exact) mass is 639 g/mol. The number of piperazine rings is 1. The molecule has 11 nitrogen and oxygen atoms in total. The van der Waals surface area contributed by atoms with Crippen LogP contribution >= 0.6 is 0 Å². The van der Waals surface area contributed by atoms with Gasteiger partial charge in [0.1, 0.15) is 28.0 Å². The number of pyridine rings is 1. The molecule has 0 saturated carbocycles. The lowest BCUT2D eigenvalue weighted by atomic mass is 10.0. The topological polar surface area (TPSA) is 135 Å². The van der Waals surface area contributed by atoms with Gasteiger partial charge < -0.3 is 14.9 Å². The zero-order valence-corrected chi connectivity index (χ0v) is 25.8. The van der Waals surface area contributed by atoms with Gasteiger partial charge in [-0.2, -0.15) is 13.4 Å². The number of benzene rings is 2. The van der Waals surface area contributed by atoms with Crippen LogP contribution in [0.4, 0.5) is 14.6 Å². The van der Waals surface area contributed by atoms with Crippen molar-refractivity contribution < 1.29 is 31.3 Å². The van der Waals surface area contributed by atoms with Crippen molar-refractivity contribution in [3.8, 4) is 22.7 Å². The smallest absolute Gasteiger partial charge is 0.355 e. The largest absolute Gasteiger partial charge is 0.507 e. The van der Waals surface area contributed by atoms with E-state index in [0.29, 0.717) is 5.56 Å². The first-order valence-corrected chi connectivity index (χ1v) is 15.4. The van der Waals surface area contributed by atoms with Crippen molar-refractivity contribution in [2.75, 3.05) is 31.6 Å². The Hall–Kier alpha value is -4.69. The van der Waals surface area contributed by atoms with Gasteiger partial charge in [-0.05, 0) is 48.7 Å². The van der Waals surface area contributed by atoms with Crippen LogP contribution in [0.5, 0.6) is 5.75 Å². The molecule has 1 saturated heterocycles. The van der Waals surface area contributed by atoms with E-state index >= 15 is 8.78 Å². The minimum absolute atomic E-state index is 0.0151. The molecule has 45 heavy (non-hydrogen) atoms. The Morgan fingerprint density at radius 1 is 1.13 bits per heavy atom. The Labute approximate surface area is 258 Å². The molecule has 0 radical (unpaired) electrons. The van der Waals surface area contributed by atoms with E-state index in [1.165, 1.54) is 24.3 Å². The summed E-state index contributed by atoms with van der Waals surface area (Å²) in [7, 11) is -3.42. The van der Waals surface area contributed by atoms with Crippen LogP contribution in [0, 0.1) is 11.6 Å². The highest BCUT2D eigenvalue weighted by molar-refractivity contribution is 7.86. The number of aromatic nitrogens is 3. The van der Waals surface area contributed by atoms with Crippen LogP contribution in [0.25, 0.3) is 28.0 Å². The Kier molecular flexibility index (Phi) is 8.47. The Balaban J connectivity index is 1.90. The van der Waals surface area contributed by atoms with Crippen LogP contribution in [0.3, 0.4) is 0 Å². The van der Waals surface area contributed by atoms with Crippen LogP contribution in [0.15, 0.2) is 64.8 Å². The maximum absolute atomic E-state index is 15.9. The number of phenols is 1. The van der Waals surface area contributed by atoms with Crippen molar-refractivity contribution in [2.45, 2.75) is 37.6 Å². The summed E-state index contributed by atoms with van der Waals surface area (Å²) in [5.41, 5.74) is -2.02. The molecule has 1 aliphatic heterocycles. The predicted octanol–water partition coefficient (Wildman–Crippen LogP) is 4.11. The fraction of sp³-hybridized carbons (Fsp3) is 0.290. The number of rotatable bonds is 7. The van der Waals surface area contributed by atoms with Crippen molar-refractivity contribution in [2.24, 2.45) is 0 Å². The number of hydrogen-bond acceptors (Lipinski definition) is 9. The fourth-order valence-electron chi connectivity index (χ4n) is 5.59. The molecule has 4 aromatic rings. The van der Waals surface area contributed by atoms with E-state index in [9.17, 15) is 23.1 Å². The number of para-hydroxylation sites is 1. The number of fused-ring (bicyclic) bond motifs is 1. The summed E-state index contributed by atoms with van der Waals surface area (Å²) in [6.45, 7) is 9.63. The fourth-order valence-corrected chi connectivity index (χ4v) is 6.46. The molecule has 0 aliphatic carbocycles. The summed E-state index contributed by atoms with van der Waals surface area (Å²) in [5, 5.41) is 10.5. The second-order valence-electron chi connectivity index (χ2n) is 10.9. The molecule has 3 heterocycles. The van der Waals surface area contributed by atoms with Crippen molar-refractivity contribution in [3.63, 3.8) is 0 Å². The zero-order valence-electron chi connectivity index (χ0n) is 25.0. The number of halogens is 2. The highest BCUT2D eigenvalue weighted by Gasteiger charge is 2.32. The van der Waals surface area contributed by atoms with Crippen LogP contribution in [0.2, 0.25) is 0 Å². The zero-order chi connectivity index (χ0) is 32.8. The van der Waals surface area contributed by atoms with Gasteiger partial charge >= 0.3 is 5.69 Å². The average molecular weight is 640 g/mol. The molecule has 2 aromatic carbocycles. The third-order valence-electron chi connectivity index (χ3n) is 7.78. The highest BCUT2D eigenvalue weighted by atomic mass is 32.2. The second-order valence-corrected chi connectivity index (χ2v) is 12.6. The minimum atomic E-state index is -4.40. The van der Waals surface area contributed by atoms with Gasteiger partial charge in [0.2, 0.25) is 5.91 Å². The molecular formula is C31H31F2N5O6S. The summed E-state index contributed by atoms with van der Waals surface area (Å²) >= 11 is 0. The van der Waals surface area contributed by atoms with Gasteiger partial charge in [-0.25, -0.2) is 23.1 Å². The summed E-state index contributed by atoms with van der Waals surface area (Å²) in [6, 6.07) is 8.46. The van der Waals surface area contributed by atoms with Crippen LogP contribution in [-0.4, -0.2) is 71.7 Å².